The molecule has 0 spiro atoms. The normalized spacial score (nSPS) is 10.5. The molecule has 24 heavy (non-hydrogen) atoms. The van der Waals surface area contributed by atoms with Crippen LogP contribution in [0.1, 0.15) is 11.1 Å². The number of aryl methyl sites for hydroxylation is 2. The summed E-state index contributed by atoms with van der Waals surface area (Å²) in [6.45, 7) is 3.27. The Hall–Kier alpha value is -2.83. The highest BCUT2D eigenvalue weighted by Crippen LogP contribution is 2.27. The SMILES string of the molecule is Cc1cc(=O)oc2c(C)c(OCC(=O)NCC(=O)N(C)C)ccc12. The third kappa shape index (κ3) is 3.92. The second-order valence-electron chi connectivity index (χ2n) is 5.67. The van der Waals surface area contributed by atoms with E-state index >= 15 is 0 Å². The first-order chi connectivity index (χ1) is 11.3. The lowest BCUT2D eigenvalue weighted by molar-refractivity contribution is -0.131. The molecule has 0 aliphatic carbocycles. The fraction of sp³-hybridized carbons (Fsp3) is 0.353. The first-order valence-electron chi connectivity index (χ1n) is 7.43. The summed E-state index contributed by atoms with van der Waals surface area (Å²) in [5, 5.41) is 3.30. The molecule has 0 unspecified atom stereocenters. The van der Waals surface area contributed by atoms with E-state index in [1.807, 2.05) is 6.92 Å². The van der Waals surface area contributed by atoms with Gasteiger partial charge >= 0.3 is 5.63 Å². The molecule has 0 aliphatic rings. The van der Waals surface area contributed by atoms with Crippen LogP contribution in [0.5, 0.6) is 5.75 Å². The van der Waals surface area contributed by atoms with E-state index in [-0.39, 0.29) is 19.1 Å². The molecular formula is C17H20N2O5. The molecule has 2 rings (SSSR count). The van der Waals surface area contributed by atoms with Gasteiger partial charge in [0.15, 0.2) is 6.61 Å². The van der Waals surface area contributed by atoms with Crippen LogP contribution < -0.4 is 15.7 Å². The van der Waals surface area contributed by atoms with Crippen LogP contribution in [-0.2, 0) is 9.59 Å². The molecule has 0 radical (unpaired) electrons. The predicted molar refractivity (Wildman–Crippen MR) is 89.2 cm³/mol. The Labute approximate surface area is 139 Å². The Morgan fingerprint density at radius 3 is 2.62 bits per heavy atom. The van der Waals surface area contributed by atoms with Gasteiger partial charge in [-0.25, -0.2) is 4.79 Å². The van der Waals surface area contributed by atoms with E-state index in [0.29, 0.717) is 16.9 Å². The molecule has 2 amide bonds. The summed E-state index contributed by atoms with van der Waals surface area (Å²) in [5.74, 6) is -0.164. The van der Waals surface area contributed by atoms with Gasteiger partial charge in [0.25, 0.3) is 5.91 Å². The first kappa shape index (κ1) is 17.5. The Morgan fingerprint density at radius 1 is 1.25 bits per heavy atom. The van der Waals surface area contributed by atoms with E-state index in [0.717, 1.165) is 10.9 Å². The van der Waals surface area contributed by atoms with Crippen LogP contribution >= 0.6 is 0 Å². The molecule has 0 fully saturated rings. The molecule has 1 aromatic carbocycles. The number of rotatable bonds is 5. The van der Waals surface area contributed by atoms with Crippen molar-refractivity contribution < 1.29 is 18.7 Å². The van der Waals surface area contributed by atoms with E-state index in [2.05, 4.69) is 5.32 Å². The number of likely N-dealkylation sites (N-methyl/N-ethyl adjacent to an activating group) is 1. The molecule has 0 bridgehead atoms. The summed E-state index contributed by atoms with van der Waals surface area (Å²) in [6.07, 6.45) is 0. The molecule has 128 valence electrons. The van der Waals surface area contributed by atoms with Gasteiger partial charge in [0.1, 0.15) is 11.3 Å². The van der Waals surface area contributed by atoms with Crippen molar-refractivity contribution in [2.24, 2.45) is 0 Å². The van der Waals surface area contributed by atoms with E-state index in [1.54, 1.807) is 33.2 Å². The zero-order valence-electron chi connectivity index (χ0n) is 14.1. The highest BCUT2D eigenvalue weighted by molar-refractivity contribution is 5.86. The predicted octanol–water partition coefficient (Wildman–Crippen LogP) is 0.993. The van der Waals surface area contributed by atoms with Gasteiger partial charge in [0.2, 0.25) is 5.91 Å². The van der Waals surface area contributed by atoms with Crippen LogP contribution in [0.2, 0.25) is 0 Å². The third-order valence-electron chi connectivity index (χ3n) is 3.61. The smallest absolute Gasteiger partial charge is 0.336 e. The van der Waals surface area contributed by atoms with Crippen LogP contribution in [0.15, 0.2) is 27.4 Å². The first-order valence-corrected chi connectivity index (χ1v) is 7.43. The molecular weight excluding hydrogens is 312 g/mol. The van der Waals surface area contributed by atoms with Crippen molar-refractivity contribution >= 4 is 22.8 Å². The van der Waals surface area contributed by atoms with Gasteiger partial charge in [0, 0.05) is 31.1 Å². The van der Waals surface area contributed by atoms with Gasteiger partial charge in [-0.2, -0.15) is 0 Å². The summed E-state index contributed by atoms with van der Waals surface area (Å²) in [4.78, 5) is 36.1. The number of amides is 2. The maximum atomic E-state index is 11.7. The lowest BCUT2D eigenvalue weighted by atomic mass is 10.1. The zero-order chi connectivity index (χ0) is 17.9. The highest BCUT2D eigenvalue weighted by atomic mass is 16.5. The van der Waals surface area contributed by atoms with Crippen molar-refractivity contribution in [1.29, 1.82) is 0 Å². The molecule has 0 saturated carbocycles. The van der Waals surface area contributed by atoms with Gasteiger partial charge in [-0.05, 0) is 31.5 Å². The van der Waals surface area contributed by atoms with E-state index < -0.39 is 11.5 Å². The zero-order valence-corrected chi connectivity index (χ0v) is 14.1. The summed E-state index contributed by atoms with van der Waals surface area (Å²) in [6, 6.07) is 4.93. The number of fused-ring (bicyclic) bond motifs is 1. The Bertz CT molecular complexity index is 839. The fourth-order valence-electron chi connectivity index (χ4n) is 2.18. The monoisotopic (exact) mass is 332 g/mol. The van der Waals surface area contributed by atoms with Crippen molar-refractivity contribution in [1.82, 2.24) is 10.2 Å². The van der Waals surface area contributed by atoms with Gasteiger partial charge in [-0.15, -0.1) is 0 Å². The van der Waals surface area contributed by atoms with Crippen molar-refractivity contribution in [2.45, 2.75) is 13.8 Å². The third-order valence-corrected chi connectivity index (χ3v) is 3.61. The van der Waals surface area contributed by atoms with Crippen LogP contribution in [0.4, 0.5) is 0 Å². The summed E-state index contributed by atoms with van der Waals surface area (Å²) >= 11 is 0. The number of ether oxygens (including phenoxy) is 1. The number of carbonyl (C=O) groups excluding carboxylic acids is 2. The standard InChI is InChI=1S/C17H20N2O5/c1-10-7-16(22)24-17-11(2)13(6-5-12(10)17)23-9-14(20)18-8-15(21)19(3)4/h5-7H,8-9H2,1-4H3,(H,18,20). The second kappa shape index (κ2) is 7.16. The molecule has 0 saturated heterocycles. The number of hydrogen-bond acceptors (Lipinski definition) is 5. The van der Waals surface area contributed by atoms with Gasteiger partial charge in [0.05, 0.1) is 6.54 Å². The summed E-state index contributed by atoms with van der Waals surface area (Å²) in [5.41, 5.74) is 1.47. The van der Waals surface area contributed by atoms with Crippen LogP contribution in [-0.4, -0.2) is 44.0 Å². The number of hydrogen-bond donors (Lipinski definition) is 1. The Morgan fingerprint density at radius 2 is 1.96 bits per heavy atom. The largest absolute Gasteiger partial charge is 0.483 e. The van der Waals surface area contributed by atoms with Gasteiger partial charge in [-0.3, -0.25) is 9.59 Å². The van der Waals surface area contributed by atoms with Crippen molar-refractivity contribution in [3.8, 4) is 5.75 Å². The second-order valence-corrected chi connectivity index (χ2v) is 5.67. The summed E-state index contributed by atoms with van der Waals surface area (Å²) in [7, 11) is 3.22. The minimum absolute atomic E-state index is 0.0834. The van der Waals surface area contributed by atoms with Crippen molar-refractivity contribution in [2.75, 3.05) is 27.2 Å². The molecule has 7 heteroatoms. The summed E-state index contributed by atoms with van der Waals surface area (Å²) < 4.78 is 10.7. The number of benzene rings is 1. The topological polar surface area (TPSA) is 88.8 Å². The highest BCUT2D eigenvalue weighted by Gasteiger charge is 2.12. The van der Waals surface area contributed by atoms with Crippen molar-refractivity contribution in [3.05, 3.63) is 39.7 Å². The fourth-order valence-corrected chi connectivity index (χ4v) is 2.18. The Balaban J connectivity index is 2.08. The van der Waals surface area contributed by atoms with E-state index in [4.69, 9.17) is 9.15 Å². The van der Waals surface area contributed by atoms with Crippen molar-refractivity contribution in [3.63, 3.8) is 0 Å². The van der Waals surface area contributed by atoms with Crippen LogP contribution in [0.3, 0.4) is 0 Å². The van der Waals surface area contributed by atoms with Gasteiger partial charge in [-0.1, -0.05) is 0 Å². The molecule has 1 heterocycles. The number of carbonyl (C=O) groups is 2. The number of nitrogens with zero attached hydrogens (tertiary/aromatic N) is 1. The Kier molecular flexibility index (Phi) is 5.23. The van der Waals surface area contributed by atoms with E-state index in [9.17, 15) is 14.4 Å². The quantitative estimate of drug-likeness (QED) is 0.825. The molecule has 1 N–H and O–H groups in total. The van der Waals surface area contributed by atoms with Crippen LogP contribution in [0, 0.1) is 13.8 Å². The lowest BCUT2D eigenvalue weighted by Gasteiger charge is -2.13. The van der Waals surface area contributed by atoms with E-state index in [1.165, 1.54) is 11.0 Å². The maximum absolute atomic E-state index is 11.7. The van der Waals surface area contributed by atoms with Crippen LogP contribution in [0.25, 0.3) is 11.0 Å². The minimum Gasteiger partial charge on any atom is -0.483 e. The average molecular weight is 332 g/mol. The molecule has 7 nitrogen and oxygen atoms in total. The average Bonchev–Trinajstić information content (AvgIpc) is 2.52. The molecule has 1 aromatic heterocycles. The minimum atomic E-state index is -0.430. The molecule has 0 aliphatic heterocycles. The molecule has 0 atom stereocenters. The lowest BCUT2D eigenvalue weighted by Crippen LogP contribution is -2.38. The maximum Gasteiger partial charge on any atom is 0.336 e. The number of nitrogens with one attached hydrogen (secondary N) is 1. The van der Waals surface area contributed by atoms with Gasteiger partial charge < -0.3 is 19.4 Å². The molecule has 2 aromatic rings.